The predicted molar refractivity (Wildman–Crippen MR) is 98.2 cm³/mol. The highest BCUT2D eigenvalue weighted by molar-refractivity contribution is 9.10. The van der Waals surface area contributed by atoms with Crippen molar-refractivity contribution in [2.45, 2.75) is 6.92 Å². The number of ketones is 1. The van der Waals surface area contributed by atoms with Crippen LogP contribution in [0.2, 0.25) is 0 Å². The van der Waals surface area contributed by atoms with Gasteiger partial charge in [-0.05, 0) is 70.9 Å². The molecule has 24 heavy (non-hydrogen) atoms. The summed E-state index contributed by atoms with van der Waals surface area (Å²) in [5.41, 5.74) is 1.44. The van der Waals surface area contributed by atoms with Crippen molar-refractivity contribution >= 4 is 27.8 Å². The van der Waals surface area contributed by atoms with E-state index in [1.807, 2.05) is 19.1 Å². The van der Waals surface area contributed by atoms with Crippen LogP contribution in [0.15, 0.2) is 46.9 Å². The van der Waals surface area contributed by atoms with E-state index in [2.05, 4.69) is 15.9 Å². The van der Waals surface area contributed by atoms with Gasteiger partial charge in [-0.2, -0.15) is 0 Å². The van der Waals surface area contributed by atoms with Crippen molar-refractivity contribution in [2.24, 2.45) is 0 Å². The first kappa shape index (κ1) is 18.1. The Hall–Kier alpha value is -2.27. The lowest BCUT2D eigenvalue weighted by molar-refractivity contribution is 0.104. The van der Waals surface area contributed by atoms with Crippen molar-refractivity contribution in [3.05, 3.63) is 58.1 Å². The molecule has 0 saturated carbocycles. The van der Waals surface area contributed by atoms with E-state index >= 15 is 0 Å². The number of ether oxygens (including phenoxy) is 3. The molecule has 0 saturated heterocycles. The molecule has 0 aromatic heterocycles. The molecule has 0 unspecified atom stereocenters. The summed E-state index contributed by atoms with van der Waals surface area (Å²) in [5, 5.41) is 0. The highest BCUT2D eigenvalue weighted by atomic mass is 79.9. The summed E-state index contributed by atoms with van der Waals surface area (Å²) in [7, 11) is 3.17. The van der Waals surface area contributed by atoms with Crippen LogP contribution in [-0.4, -0.2) is 26.6 Å². The number of allylic oxidation sites excluding steroid dienone is 1. The normalized spacial score (nSPS) is 10.7. The largest absolute Gasteiger partial charge is 0.497 e. The van der Waals surface area contributed by atoms with Crippen molar-refractivity contribution in [1.29, 1.82) is 0 Å². The number of carbonyl (C=O) groups is 1. The summed E-state index contributed by atoms with van der Waals surface area (Å²) in [4.78, 5) is 12.2. The molecule has 0 aliphatic heterocycles. The van der Waals surface area contributed by atoms with Crippen LogP contribution in [0.5, 0.6) is 17.2 Å². The number of hydrogen-bond acceptors (Lipinski definition) is 4. The zero-order valence-electron chi connectivity index (χ0n) is 13.8. The van der Waals surface area contributed by atoms with Crippen molar-refractivity contribution in [3.63, 3.8) is 0 Å². The minimum Gasteiger partial charge on any atom is -0.497 e. The lowest BCUT2D eigenvalue weighted by Gasteiger charge is -2.12. The molecular weight excluding hydrogens is 372 g/mol. The summed E-state index contributed by atoms with van der Waals surface area (Å²) < 4.78 is 16.8. The number of halogens is 1. The third kappa shape index (κ3) is 4.38. The number of hydrogen-bond donors (Lipinski definition) is 0. The van der Waals surface area contributed by atoms with Crippen LogP contribution >= 0.6 is 15.9 Å². The zero-order valence-corrected chi connectivity index (χ0v) is 15.4. The van der Waals surface area contributed by atoms with Gasteiger partial charge in [0.05, 0.1) is 25.3 Å². The standard InChI is InChI=1S/C19H19BrO4/c1-4-24-19-16(20)11-13(12-18(19)23-3)5-10-17(21)14-6-8-15(22-2)9-7-14/h5-12H,4H2,1-3H3/b10-5+. The Kier molecular flexibility index (Phi) is 6.44. The zero-order chi connectivity index (χ0) is 17.5. The summed E-state index contributed by atoms with van der Waals surface area (Å²) in [6.45, 7) is 2.45. The average Bonchev–Trinajstić information content (AvgIpc) is 2.61. The van der Waals surface area contributed by atoms with Gasteiger partial charge in [-0.3, -0.25) is 4.79 Å². The maximum Gasteiger partial charge on any atom is 0.185 e. The Bertz CT molecular complexity index is 736. The Balaban J connectivity index is 2.21. The van der Waals surface area contributed by atoms with Crippen LogP contribution in [0.4, 0.5) is 0 Å². The van der Waals surface area contributed by atoms with Gasteiger partial charge in [0, 0.05) is 5.56 Å². The fourth-order valence-electron chi connectivity index (χ4n) is 2.14. The van der Waals surface area contributed by atoms with E-state index in [0.717, 1.165) is 15.8 Å². The van der Waals surface area contributed by atoms with Gasteiger partial charge in [0.2, 0.25) is 0 Å². The van der Waals surface area contributed by atoms with Crippen molar-refractivity contribution in [2.75, 3.05) is 20.8 Å². The summed E-state index contributed by atoms with van der Waals surface area (Å²) in [6.07, 6.45) is 3.28. The van der Waals surface area contributed by atoms with Gasteiger partial charge in [0.25, 0.3) is 0 Å². The smallest absolute Gasteiger partial charge is 0.185 e. The molecule has 4 nitrogen and oxygen atoms in total. The van der Waals surface area contributed by atoms with Crippen LogP contribution in [0.1, 0.15) is 22.8 Å². The molecule has 0 aliphatic carbocycles. The molecule has 0 amide bonds. The lowest BCUT2D eigenvalue weighted by atomic mass is 10.1. The molecule has 126 valence electrons. The first-order valence-electron chi connectivity index (χ1n) is 7.45. The summed E-state index contributed by atoms with van der Waals surface area (Å²) in [5.74, 6) is 1.90. The second kappa shape index (κ2) is 8.55. The third-order valence-electron chi connectivity index (χ3n) is 3.34. The second-order valence-electron chi connectivity index (χ2n) is 4.89. The first-order valence-corrected chi connectivity index (χ1v) is 8.25. The second-order valence-corrected chi connectivity index (χ2v) is 5.75. The fraction of sp³-hybridized carbons (Fsp3) is 0.211. The Morgan fingerprint density at radius 1 is 1.12 bits per heavy atom. The van der Waals surface area contributed by atoms with Gasteiger partial charge in [-0.25, -0.2) is 0 Å². The molecule has 0 N–H and O–H groups in total. The summed E-state index contributed by atoms with van der Waals surface area (Å²) >= 11 is 3.47. The van der Waals surface area contributed by atoms with E-state index in [-0.39, 0.29) is 5.78 Å². The number of benzene rings is 2. The maximum absolute atomic E-state index is 12.2. The van der Waals surface area contributed by atoms with Crippen LogP contribution in [-0.2, 0) is 0 Å². The topological polar surface area (TPSA) is 44.8 Å². The number of rotatable bonds is 7. The number of methoxy groups -OCH3 is 2. The van der Waals surface area contributed by atoms with Crippen LogP contribution in [0.25, 0.3) is 6.08 Å². The highest BCUT2D eigenvalue weighted by Crippen LogP contribution is 2.37. The Morgan fingerprint density at radius 2 is 1.83 bits per heavy atom. The molecule has 2 rings (SSSR count). The quantitative estimate of drug-likeness (QED) is 0.504. The van der Waals surface area contributed by atoms with Crippen LogP contribution in [0.3, 0.4) is 0 Å². The average molecular weight is 391 g/mol. The monoisotopic (exact) mass is 390 g/mol. The molecule has 0 fully saturated rings. The molecule has 0 atom stereocenters. The minimum absolute atomic E-state index is 0.0818. The minimum atomic E-state index is -0.0818. The van der Waals surface area contributed by atoms with Crippen molar-refractivity contribution in [1.82, 2.24) is 0 Å². The van der Waals surface area contributed by atoms with E-state index in [1.54, 1.807) is 44.6 Å². The van der Waals surface area contributed by atoms with Crippen LogP contribution < -0.4 is 14.2 Å². The van der Waals surface area contributed by atoms with E-state index in [4.69, 9.17) is 14.2 Å². The van der Waals surface area contributed by atoms with E-state index in [0.29, 0.717) is 23.7 Å². The molecular formula is C19H19BrO4. The highest BCUT2D eigenvalue weighted by Gasteiger charge is 2.10. The van der Waals surface area contributed by atoms with E-state index in [1.165, 1.54) is 6.08 Å². The molecule has 0 heterocycles. The van der Waals surface area contributed by atoms with E-state index in [9.17, 15) is 4.79 Å². The molecule has 0 spiro atoms. The van der Waals surface area contributed by atoms with Crippen molar-refractivity contribution in [3.8, 4) is 17.2 Å². The number of carbonyl (C=O) groups excluding carboxylic acids is 1. The fourth-order valence-corrected chi connectivity index (χ4v) is 2.72. The molecule has 0 aliphatic rings. The van der Waals surface area contributed by atoms with Gasteiger partial charge >= 0.3 is 0 Å². The van der Waals surface area contributed by atoms with Gasteiger partial charge in [0.1, 0.15) is 5.75 Å². The van der Waals surface area contributed by atoms with Gasteiger partial charge < -0.3 is 14.2 Å². The molecule has 5 heteroatoms. The molecule has 0 radical (unpaired) electrons. The Labute approximate surface area is 150 Å². The van der Waals surface area contributed by atoms with Gasteiger partial charge in [-0.15, -0.1) is 0 Å². The molecule has 0 bridgehead atoms. The molecule has 2 aromatic rings. The van der Waals surface area contributed by atoms with E-state index < -0.39 is 0 Å². The molecule has 2 aromatic carbocycles. The Morgan fingerprint density at radius 3 is 2.42 bits per heavy atom. The van der Waals surface area contributed by atoms with Crippen molar-refractivity contribution < 1.29 is 19.0 Å². The predicted octanol–water partition coefficient (Wildman–Crippen LogP) is 4.76. The third-order valence-corrected chi connectivity index (χ3v) is 3.93. The SMILES string of the molecule is CCOc1c(Br)cc(/C=C/C(=O)c2ccc(OC)cc2)cc1OC. The first-order chi connectivity index (χ1) is 11.6. The van der Waals surface area contributed by atoms with Gasteiger partial charge in [-0.1, -0.05) is 6.08 Å². The maximum atomic E-state index is 12.2. The van der Waals surface area contributed by atoms with Gasteiger partial charge in [0.15, 0.2) is 17.3 Å². The van der Waals surface area contributed by atoms with Crippen LogP contribution in [0, 0.1) is 0 Å². The lowest BCUT2D eigenvalue weighted by Crippen LogP contribution is -1.97. The summed E-state index contributed by atoms with van der Waals surface area (Å²) in [6, 6.07) is 10.7.